The average molecular weight is 212 g/mol. The largest absolute Gasteiger partial charge is 0.396 e. The number of aliphatic hydroxyl groups is 1. The summed E-state index contributed by atoms with van der Waals surface area (Å²) in [6.07, 6.45) is 3.74. The molecule has 0 aliphatic heterocycles. The summed E-state index contributed by atoms with van der Waals surface area (Å²) in [4.78, 5) is 0. The van der Waals surface area contributed by atoms with E-state index in [2.05, 4.69) is 13.8 Å². The van der Waals surface area contributed by atoms with Gasteiger partial charge in [-0.15, -0.1) is 0 Å². The zero-order chi connectivity index (χ0) is 11.1. The molecular formula is C13H24O2. The monoisotopic (exact) mass is 212 g/mol. The molecule has 3 fully saturated rings. The number of methoxy groups -OCH3 is 1. The second kappa shape index (κ2) is 4.06. The van der Waals surface area contributed by atoms with E-state index in [1.165, 1.54) is 12.8 Å². The highest BCUT2D eigenvalue weighted by Gasteiger charge is 2.56. The fourth-order valence-electron chi connectivity index (χ4n) is 3.95. The third-order valence-electron chi connectivity index (χ3n) is 5.15. The summed E-state index contributed by atoms with van der Waals surface area (Å²) in [5, 5.41) is 9.43. The quantitative estimate of drug-likeness (QED) is 0.775. The molecule has 2 bridgehead atoms. The van der Waals surface area contributed by atoms with Gasteiger partial charge in [-0.2, -0.15) is 0 Å². The lowest BCUT2D eigenvalue weighted by molar-refractivity contribution is -0.147. The number of ether oxygens (including phenoxy) is 1. The lowest BCUT2D eigenvalue weighted by Crippen LogP contribution is -2.56. The van der Waals surface area contributed by atoms with Gasteiger partial charge < -0.3 is 9.84 Å². The lowest BCUT2D eigenvalue weighted by atomic mass is 9.43. The molecule has 3 saturated carbocycles. The van der Waals surface area contributed by atoms with E-state index < -0.39 is 0 Å². The first-order valence-corrected chi connectivity index (χ1v) is 6.21. The maximum absolute atomic E-state index is 9.43. The van der Waals surface area contributed by atoms with Gasteiger partial charge in [0.2, 0.25) is 0 Å². The summed E-state index contributed by atoms with van der Waals surface area (Å²) < 4.78 is 5.19. The molecule has 2 heteroatoms. The fraction of sp³-hybridized carbons (Fsp3) is 1.00. The van der Waals surface area contributed by atoms with Crippen LogP contribution >= 0.6 is 0 Å². The van der Waals surface area contributed by atoms with Crippen LogP contribution < -0.4 is 0 Å². The van der Waals surface area contributed by atoms with E-state index in [0.29, 0.717) is 23.9 Å². The van der Waals surface area contributed by atoms with Gasteiger partial charge in [0.05, 0.1) is 0 Å². The molecule has 3 aliphatic rings. The van der Waals surface area contributed by atoms with E-state index in [4.69, 9.17) is 4.74 Å². The summed E-state index contributed by atoms with van der Waals surface area (Å²) >= 11 is 0. The van der Waals surface area contributed by atoms with Gasteiger partial charge in [-0.25, -0.2) is 0 Å². The van der Waals surface area contributed by atoms with E-state index >= 15 is 0 Å². The van der Waals surface area contributed by atoms with Gasteiger partial charge in [0.25, 0.3) is 0 Å². The molecule has 0 aromatic carbocycles. The lowest BCUT2D eigenvalue weighted by Gasteiger charge is -2.62. The minimum atomic E-state index is 0.372. The Labute approximate surface area is 93.0 Å². The highest BCUT2D eigenvalue weighted by molar-refractivity contribution is 5.05. The fourth-order valence-corrected chi connectivity index (χ4v) is 3.95. The van der Waals surface area contributed by atoms with Gasteiger partial charge in [-0.3, -0.25) is 0 Å². The summed E-state index contributed by atoms with van der Waals surface area (Å²) in [6.45, 7) is 6.02. The van der Waals surface area contributed by atoms with E-state index in [0.717, 1.165) is 24.9 Å². The molecular weight excluding hydrogens is 188 g/mol. The molecule has 88 valence electrons. The van der Waals surface area contributed by atoms with Crippen molar-refractivity contribution in [3.05, 3.63) is 0 Å². The second-order valence-corrected chi connectivity index (χ2v) is 5.98. The van der Waals surface area contributed by atoms with Crippen LogP contribution in [-0.2, 0) is 4.74 Å². The maximum atomic E-state index is 9.43. The molecule has 3 aliphatic carbocycles. The zero-order valence-electron chi connectivity index (χ0n) is 10.2. The van der Waals surface area contributed by atoms with Crippen molar-refractivity contribution in [3.63, 3.8) is 0 Å². The van der Waals surface area contributed by atoms with Gasteiger partial charge in [-0.1, -0.05) is 13.8 Å². The molecule has 2 nitrogen and oxygen atoms in total. The molecule has 0 aromatic rings. The van der Waals surface area contributed by atoms with Crippen molar-refractivity contribution in [2.45, 2.75) is 33.1 Å². The molecule has 0 spiro atoms. The number of hydrogen-bond donors (Lipinski definition) is 1. The van der Waals surface area contributed by atoms with Crippen molar-refractivity contribution >= 4 is 0 Å². The van der Waals surface area contributed by atoms with Gasteiger partial charge in [0.1, 0.15) is 0 Å². The van der Waals surface area contributed by atoms with Crippen LogP contribution in [0.25, 0.3) is 0 Å². The Morgan fingerprint density at radius 2 is 2.07 bits per heavy atom. The Morgan fingerprint density at radius 1 is 1.33 bits per heavy atom. The smallest absolute Gasteiger partial charge is 0.0465 e. The highest BCUT2D eigenvalue weighted by atomic mass is 16.5. The first kappa shape index (κ1) is 11.4. The van der Waals surface area contributed by atoms with Crippen LogP contribution in [0.5, 0.6) is 0 Å². The third kappa shape index (κ3) is 1.72. The molecule has 0 aromatic heterocycles. The average Bonchev–Trinajstić information content (AvgIpc) is 2.25. The predicted molar refractivity (Wildman–Crippen MR) is 60.6 cm³/mol. The van der Waals surface area contributed by atoms with Gasteiger partial charge in [0.15, 0.2) is 0 Å². The molecule has 0 saturated heterocycles. The standard InChI is InChI=1S/C13H24O2/c1-13(2)10-6-9(8-14)11(4-5-15-3)12(13)7-10/h9-12,14H,4-8H2,1-3H3/t9-,10+,11-,12+/m0/s1. The van der Waals surface area contributed by atoms with Crippen LogP contribution in [-0.4, -0.2) is 25.4 Å². The van der Waals surface area contributed by atoms with Crippen molar-refractivity contribution in [2.75, 3.05) is 20.3 Å². The highest BCUT2D eigenvalue weighted by Crippen LogP contribution is 2.63. The number of hydrogen-bond acceptors (Lipinski definition) is 2. The Kier molecular flexibility index (Phi) is 3.09. The number of rotatable bonds is 4. The molecule has 1 N–H and O–H groups in total. The van der Waals surface area contributed by atoms with E-state index in [-0.39, 0.29) is 0 Å². The Balaban J connectivity index is 2.02. The van der Waals surface area contributed by atoms with Gasteiger partial charge >= 0.3 is 0 Å². The number of fused-ring (bicyclic) bond motifs is 2. The Hall–Kier alpha value is -0.0800. The van der Waals surface area contributed by atoms with Crippen molar-refractivity contribution in [1.82, 2.24) is 0 Å². The van der Waals surface area contributed by atoms with Crippen molar-refractivity contribution < 1.29 is 9.84 Å². The maximum Gasteiger partial charge on any atom is 0.0465 e. The molecule has 0 unspecified atom stereocenters. The van der Waals surface area contributed by atoms with Crippen molar-refractivity contribution in [3.8, 4) is 0 Å². The SMILES string of the molecule is COCC[C@H]1[C@H](CO)C[C@@H]2C[C@H]1C2(C)C. The topological polar surface area (TPSA) is 29.5 Å². The van der Waals surface area contributed by atoms with Crippen LogP contribution in [0, 0.1) is 29.1 Å². The Bertz CT molecular complexity index is 225. The molecule has 15 heavy (non-hydrogen) atoms. The van der Waals surface area contributed by atoms with Gasteiger partial charge in [0, 0.05) is 20.3 Å². The van der Waals surface area contributed by atoms with Crippen LogP contribution in [0.3, 0.4) is 0 Å². The second-order valence-electron chi connectivity index (χ2n) is 5.98. The van der Waals surface area contributed by atoms with E-state index in [1.54, 1.807) is 7.11 Å². The molecule has 0 heterocycles. The summed E-state index contributed by atoms with van der Waals surface area (Å²) in [5.74, 6) is 2.91. The third-order valence-corrected chi connectivity index (χ3v) is 5.15. The normalized spacial score (nSPS) is 42.4. The van der Waals surface area contributed by atoms with Crippen LogP contribution in [0.15, 0.2) is 0 Å². The van der Waals surface area contributed by atoms with Crippen molar-refractivity contribution in [2.24, 2.45) is 29.1 Å². The molecule has 0 radical (unpaired) electrons. The minimum Gasteiger partial charge on any atom is -0.396 e. The summed E-state index contributed by atoms with van der Waals surface area (Å²) in [5.41, 5.74) is 0.518. The number of aliphatic hydroxyl groups excluding tert-OH is 1. The molecule has 3 rings (SSSR count). The first-order valence-electron chi connectivity index (χ1n) is 6.21. The van der Waals surface area contributed by atoms with Crippen LogP contribution in [0.1, 0.15) is 33.1 Å². The Morgan fingerprint density at radius 3 is 2.60 bits per heavy atom. The van der Waals surface area contributed by atoms with Crippen molar-refractivity contribution in [1.29, 1.82) is 0 Å². The first-order chi connectivity index (χ1) is 7.11. The molecule has 0 amide bonds. The van der Waals surface area contributed by atoms with E-state index in [1.807, 2.05) is 0 Å². The summed E-state index contributed by atoms with van der Waals surface area (Å²) in [7, 11) is 1.77. The molecule has 4 atom stereocenters. The summed E-state index contributed by atoms with van der Waals surface area (Å²) in [6, 6.07) is 0. The minimum absolute atomic E-state index is 0.372. The van der Waals surface area contributed by atoms with Crippen LogP contribution in [0.2, 0.25) is 0 Å². The van der Waals surface area contributed by atoms with E-state index in [9.17, 15) is 5.11 Å². The zero-order valence-corrected chi connectivity index (χ0v) is 10.2. The van der Waals surface area contributed by atoms with Gasteiger partial charge in [-0.05, 0) is 48.3 Å². The van der Waals surface area contributed by atoms with Crippen LogP contribution in [0.4, 0.5) is 0 Å². The predicted octanol–water partition coefficient (Wildman–Crippen LogP) is 2.31.